The molecule has 0 saturated heterocycles. The Hall–Kier alpha value is -3.78. The molecule has 0 saturated carbocycles. The highest BCUT2D eigenvalue weighted by atomic mass is 32.1. The maximum Gasteiger partial charge on any atom is 0.353 e. The molecule has 0 bridgehead atoms. The minimum Gasteiger partial charge on any atom is -0.477 e. The number of fused-ring (bicyclic) bond motifs is 3. The molecular weight excluding hydrogens is 424 g/mol. The van der Waals surface area contributed by atoms with Crippen molar-refractivity contribution in [3.63, 3.8) is 0 Å². The third-order valence-corrected chi connectivity index (χ3v) is 6.59. The van der Waals surface area contributed by atoms with Crippen molar-refractivity contribution in [3.8, 4) is 0 Å². The highest BCUT2D eigenvalue weighted by Crippen LogP contribution is 2.41. The maximum absolute atomic E-state index is 13.4. The van der Waals surface area contributed by atoms with Gasteiger partial charge in [-0.25, -0.2) is 14.8 Å². The highest BCUT2D eigenvalue weighted by Gasteiger charge is 2.36. The number of ketones is 1. The number of benzene rings is 1. The van der Waals surface area contributed by atoms with Crippen LogP contribution in [0.4, 0.5) is 5.82 Å². The first-order valence-electron chi connectivity index (χ1n) is 10.0. The summed E-state index contributed by atoms with van der Waals surface area (Å²) in [7, 11) is 0. The molecule has 32 heavy (non-hydrogen) atoms. The number of hydrogen-bond donors (Lipinski definition) is 2. The van der Waals surface area contributed by atoms with Gasteiger partial charge in [0.05, 0.1) is 21.2 Å². The molecule has 0 amide bonds. The predicted molar refractivity (Wildman–Crippen MR) is 126 cm³/mol. The lowest BCUT2D eigenvalue weighted by Crippen LogP contribution is -2.25. The summed E-state index contributed by atoms with van der Waals surface area (Å²) in [6.45, 7) is 3.93. The van der Waals surface area contributed by atoms with Crippen LogP contribution in [0.1, 0.15) is 35.5 Å². The van der Waals surface area contributed by atoms with Crippen LogP contribution in [0, 0.1) is 5.41 Å². The van der Waals surface area contributed by atoms with E-state index in [-0.39, 0.29) is 18.0 Å². The van der Waals surface area contributed by atoms with E-state index < -0.39 is 11.4 Å². The molecule has 0 radical (unpaired) electrons. The van der Waals surface area contributed by atoms with Crippen LogP contribution in [0.3, 0.4) is 0 Å². The van der Waals surface area contributed by atoms with E-state index in [0.717, 1.165) is 10.3 Å². The molecule has 3 heterocycles. The fraction of sp³-hybridized carbons (Fsp3) is 0.167. The van der Waals surface area contributed by atoms with Gasteiger partial charge in [0.1, 0.15) is 11.5 Å². The molecule has 7 nitrogen and oxygen atoms in total. The maximum atomic E-state index is 13.4. The van der Waals surface area contributed by atoms with E-state index in [1.165, 1.54) is 11.3 Å². The first-order chi connectivity index (χ1) is 15.3. The van der Waals surface area contributed by atoms with E-state index in [0.29, 0.717) is 33.4 Å². The SMILES string of the molecule is CC1(C)C=CC=C(c2c(C(=O)O)n(Cc3ccnc(N)c3)c3ccc4scnc4c23)C1=O. The zero-order chi connectivity index (χ0) is 22.6. The Labute approximate surface area is 187 Å². The molecular formula is C24H20N4O3S. The number of carboxylic acids is 1. The number of nitrogens with two attached hydrogens (primary N) is 1. The van der Waals surface area contributed by atoms with Crippen molar-refractivity contribution in [3.05, 3.63) is 71.0 Å². The molecule has 4 aromatic rings. The molecule has 1 aliphatic rings. The van der Waals surface area contributed by atoms with Crippen molar-refractivity contribution in [1.29, 1.82) is 0 Å². The summed E-state index contributed by atoms with van der Waals surface area (Å²) >= 11 is 1.48. The number of pyridine rings is 1. The van der Waals surface area contributed by atoms with Gasteiger partial charge in [0.25, 0.3) is 0 Å². The van der Waals surface area contributed by atoms with Crippen molar-refractivity contribution < 1.29 is 14.7 Å². The highest BCUT2D eigenvalue weighted by molar-refractivity contribution is 7.16. The zero-order valence-corrected chi connectivity index (χ0v) is 18.3. The lowest BCUT2D eigenvalue weighted by atomic mass is 9.78. The van der Waals surface area contributed by atoms with Crippen molar-refractivity contribution in [2.75, 3.05) is 5.73 Å². The van der Waals surface area contributed by atoms with E-state index in [1.54, 1.807) is 34.5 Å². The van der Waals surface area contributed by atoms with E-state index >= 15 is 0 Å². The third-order valence-electron chi connectivity index (χ3n) is 5.79. The Morgan fingerprint density at radius 3 is 2.81 bits per heavy atom. The van der Waals surface area contributed by atoms with Crippen LogP contribution in [0.15, 0.2) is 54.2 Å². The number of nitrogen functional groups attached to an aromatic ring is 1. The van der Waals surface area contributed by atoms with Gasteiger partial charge in [-0.1, -0.05) is 18.2 Å². The summed E-state index contributed by atoms with van der Waals surface area (Å²) in [4.78, 5) is 34.6. The Balaban J connectivity index is 1.88. The number of nitrogens with zero attached hydrogens (tertiary/aromatic N) is 3. The van der Waals surface area contributed by atoms with Crippen LogP contribution in [-0.2, 0) is 11.3 Å². The molecule has 0 spiro atoms. The van der Waals surface area contributed by atoms with Gasteiger partial charge in [0.2, 0.25) is 0 Å². The van der Waals surface area contributed by atoms with Crippen LogP contribution >= 0.6 is 11.3 Å². The summed E-state index contributed by atoms with van der Waals surface area (Å²) in [5, 5.41) is 11.0. The van der Waals surface area contributed by atoms with Crippen molar-refractivity contribution in [1.82, 2.24) is 14.5 Å². The fourth-order valence-corrected chi connectivity index (χ4v) is 4.95. The zero-order valence-electron chi connectivity index (χ0n) is 17.5. The lowest BCUT2D eigenvalue weighted by molar-refractivity contribution is -0.119. The number of anilines is 1. The van der Waals surface area contributed by atoms with Gasteiger partial charge in [-0.3, -0.25) is 4.79 Å². The number of carbonyl (C=O) groups is 2. The Kier molecular flexibility index (Phi) is 4.49. The summed E-state index contributed by atoms with van der Waals surface area (Å²) in [5.41, 5.74) is 9.90. The van der Waals surface area contributed by atoms with Crippen LogP contribution in [-0.4, -0.2) is 31.4 Å². The first kappa shape index (κ1) is 20.1. The monoisotopic (exact) mass is 444 g/mol. The second-order valence-electron chi connectivity index (χ2n) is 8.35. The number of carboxylic acid groups (broad SMARTS) is 1. The topological polar surface area (TPSA) is 111 Å². The van der Waals surface area contributed by atoms with Gasteiger partial charge in [0.15, 0.2) is 5.78 Å². The molecule has 0 unspecified atom stereocenters. The third kappa shape index (κ3) is 3.03. The Morgan fingerprint density at radius 1 is 1.25 bits per heavy atom. The minimum atomic E-state index is -1.11. The molecule has 1 aromatic carbocycles. The number of hydrogen-bond acceptors (Lipinski definition) is 6. The van der Waals surface area contributed by atoms with Gasteiger partial charge < -0.3 is 15.4 Å². The molecule has 3 aromatic heterocycles. The molecule has 160 valence electrons. The number of allylic oxidation sites excluding steroid dienone is 4. The van der Waals surface area contributed by atoms with Crippen LogP contribution < -0.4 is 5.73 Å². The second-order valence-corrected chi connectivity index (χ2v) is 9.24. The molecule has 1 aliphatic carbocycles. The predicted octanol–water partition coefficient (Wildman–Crippen LogP) is 4.52. The number of rotatable bonds is 4. The number of Topliss-reactive ketones (excluding diaryl/α,β-unsaturated/α-hetero) is 1. The smallest absolute Gasteiger partial charge is 0.353 e. The summed E-state index contributed by atoms with van der Waals surface area (Å²) in [5.74, 6) is -0.875. The molecule has 0 atom stereocenters. The summed E-state index contributed by atoms with van der Waals surface area (Å²) in [6, 6.07) is 7.34. The number of aromatic carboxylic acids is 1. The van der Waals surface area contributed by atoms with Crippen LogP contribution in [0.25, 0.3) is 26.7 Å². The van der Waals surface area contributed by atoms with E-state index in [9.17, 15) is 14.7 Å². The molecule has 0 fully saturated rings. The van der Waals surface area contributed by atoms with Crippen LogP contribution in [0.5, 0.6) is 0 Å². The molecule has 5 rings (SSSR count). The quantitative estimate of drug-likeness (QED) is 0.479. The fourth-order valence-electron chi connectivity index (χ4n) is 4.27. The van der Waals surface area contributed by atoms with Crippen molar-refractivity contribution in [2.45, 2.75) is 20.4 Å². The van der Waals surface area contributed by atoms with Gasteiger partial charge >= 0.3 is 5.97 Å². The molecule has 3 N–H and O–H groups in total. The molecule has 8 heteroatoms. The number of thiazole rings is 1. The van der Waals surface area contributed by atoms with Gasteiger partial charge in [0, 0.05) is 34.7 Å². The van der Waals surface area contributed by atoms with E-state index in [4.69, 9.17) is 5.73 Å². The number of aromatic nitrogens is 3. The minimum absolute atomic E-state index is 0.0570. The van der Waals surface area contributed by atoms with E-state index in [2.05, 4.69) is 9.97 Å². The standard InChI is InChI=1S/C24H20N4O3S/c1-24(2)8-3-4-14(22(24)29)18-19-15(5-6-16-20(19)27-12-32-16)28(21(18)23(30)31)11-13-7-9-26-17(25)10-13/h3-10,12H,11H2,1-2H3,(H2,25,26)(H,30,31). The molecule has 0 aliphatic heterocycles. The Morgan fingerprint density at radius 2 is 2.06 bits per heavy atom. The van der Waals surface area contributed by atoms with Crippen molar-refractivity contribution >= 4 is 55.6 Å². The Bertz CT molecular complexity index is 1490. The summed E-state index contributed by atoms with van der Waals surface area (Å²) < 4.78 is 2.65. The average molecular weight is 445 g/mol. The lowest BCUT2D eigenvalue weighted by Gasteiger charge is -2.23. The van der Waals surface area contributed by atoms with E-state index in [1.807, 2.05) is 38.1 Å². The second kappa shape index (κ2) is 7.13. The summed E-state index contributed by atoms with van der Waals surface area (Å²) in [6.07, 6.45) is 6.94. The number of carbonyl (C=O) groups excluding carboxylic acids is 1. The van der Waals surface area contributed by atoms with Crippen molar-refractivity contribution in [2.24, 2.45) is 5.41 Å². The average Bonchev–Trinajstić information content (AvgIpc) is 3.33. The normalized spacial score (nSPS) is 15.4. The van der Waals surface area contributed by atoms with Gasteiger partial charge in [-0.05, 0) is 43.7 Å². The van der Waals surface area contributed by atoms with Gasteiger partial charge in [-0.15, -0.1) is 11.3 Å². The largest absolute Gasteiger partial charge is 0.477 e. The van der Waals surface area contributed by atoms with Crippen LogP contribution in [0.2, 0.25) is 0 Å². The van der Waals surface area contributed by atoms with Gasteiger partial charge in [-0.2, -0.15) is 0 Å². The first-order valence-corrected chi connectivity index (χ1v) is 10.9.